The van der Waals surface area contributed by atoms with Crippen molar-refractivity contribution in [3.63, 3.8) is 0 Å². The molecule has 1 saturated heterocycles. The average Bonchev–Trinajstić information content (AvgIpc) is 2.97. The van der Waals surface area contributed by atoms with Gasteiger partial charge in [0.05, 0.1) is 18.8 Å². The van der Waals surface area contributed by atoms with Crippen molar-refractivity contribution in [3.8, 4) is 0 Å². The van der Waals surface area contributed by atoms with E-state index < -0.39 is 16.4 Å². The first kappa shape index (κ1) is 18.6. The second-order valence-electron chi connectivity index (χ2n) is 5.86. The van der Waals surface area contributed by atoms with Gasteiger partial charge in [-0.05, 0) is 24.1 Å². The number of benzene rings is 2. The van der Waals surface area contributed by atoms with Crippen molar-refractivity contribution in [2.45, 2.75) is 18.6 Å². The lowest BCUT2D eigenvalue weighted by Crippen LogP contribution is -2.22. The van der Waals surface area contributed by atoms with Crippen LogP contribution in [0.2, 0.25) is 10.0 Å². The van der Waals surface area contributed by atoms with Crippen LogP contribution in [0.5, 0.6) is 0 Å². The molecule has 5 nitrogen and oxygen atoms in total. The minimum absolute atomic E-state index is 0.103. The third-order valence-corrected chi connectivity index (χ3v) is 5.28. The van der Waals surface area contributed by atoms with Crippen molar-refractivity contribution >= 4 is 33.5 Å². The number of hydrogen-bond acceptors (Lipinski definition) is 4. The molecule has 0 aliphatic carbocycles. The molecule has 0 radical (unpaired) electrons. The molecule has 1 heterocycles. The third-order valence-electron chi connectivity index (χ3n) is 4.16. The Morgan fingerprint density at radius 2 is 1.72 bits per heavy atom. The largest absolute Gasteiger partial charge is 0.365 e. The van der Waals surface area contributed by atoms with Gasteiger partial charge in [-0.2, -0.15) is 8.42 Å². The molecule has 2 N–H and O–H groups in total. The molecule has 1 aliphatic rings. The first-order chi connectivity index (χ1) is 11.8. The van der Waals surface area contributed by atoms with Crippen molar-refractivity contribution in [1.29, 1.82) is 0 Å². The Bertz CT molecular complexity index is 825. The van der Waals surface area contributed by atoms with Gasteiger partial charge in [-0.25, -0.2) is 5.14 Å². The van der Waals surface area contributed by atoms with Gasteiger partial charge in [0.25, 0.3) is 0 Å². The van der Waals surface area contributed by atoms with Crippen molar-refractivity contribution < 1.29 is 17.3 Å². The van der Waals surface area contributed by atoms with Crippen LogP contribution in [-0.2, 0) is 19.2 Å². The molecule has 0 aromatic heterocycles. The summed E-state index contributed by atoms with van der Waals surface area (Å²) in [6.07, 6.45) is -0.146. The van der Waals surface area contributed by atoms with Crippen LogP contribution in [0.25, 0.3) is 0 Å². The molecule has 1 unspecified atom stereocenters. The lowest BCUT2D eigenvalue weighted by Gasteiger charge is -2.21. The van der Waals surface area contributed by atoms with Gasteiger partial charge in [0.15, 0.2) is 0 Å². The predicted octanol–water partition coefficient (Wildman–Crippen LogP) is 4.03. The molecule has 2 aromatic carbocycles. The molecule has 1 fully saturated rings. The molecule has 3 atom stereocenters. The molecule has 2 aromatic rings. The van der Waals surface area contributed by atoms with E-state index in [1.807, 2.05) is 30.3 Å². The van der Waals surface area contributed by atoms with E-state index in [0.717, 1.165) is 5.56 Å². The first-order valence-electron chi connectivity index (χ1n) is 7.66. The minimum atomic E-state index is -4.04. The highest BCUT2D eigenvalue weighted by molar-refractivity contribution is 7.84. The zero-order chi connectivity index (χ0) is 18.0. The van der Waals surface area contributed by atoms with E-state index in [1.54, 1.807) is 18.2 Å². The van der Waals surface area contributed by atoms with E-state index in [0.29, 0.717) is 22.0 Å². The highest BCUT2D eigenvalue weighted by atomic mass is 35.5. The molecule has 25 heavy (non-hydrogen) atoms. The first-order valence-corrected chi connectivity index (χ1v) is 9.89. The lowest BCUT2D eigenvalue weighted by atomic mass is 9.93. The molecular weight excluding hydrogens is 385 g/mol. The molecule has 0 saturated carbocycles. The van der Waals surface area contributed by atoms with E-state index in [4.69, 9.17) is 37.3 Å². The number of nitrogens with two attached hydrogens (primary N) is 1. The van der Waals surface area contributed by atoms with Crippen LogP contribution in [0, 0.1) is 5.92 Å². The van der Waals surface area contributed by atoms with E-state index >= 15 is 0 Å². The summed E-state index contributed by atoms with van der Waals surface area (Å²) < 4.78 is 33.4. The Morgan fingerprint density at radius 3 is 2.32 bits per heavy atom. The van der Waals surface area contributed by atoms with Gasteiger partial charge in [-0.15, -0.1) is 0 Å². The Morgan fingerprint density at radius 1 is 1.08 bits per heavy atom. The minimum Gasteiger partial charge on any atom is -0.365 e. The van der Waals surface area contributed by atoms with Crippen LogP contribution in [-0.4, -0.2) is 15.0 Å². The average molecular weight is 402 g/mol. The smallest absolute Gasteiger partial charge is 0.333 e. The van der Waals surface area contributed by atoms with E-state index in [9.17, 15) is 8.42 Å². The van der Waals surface area contributed by atoms with Gasteiger partial charge in [0, 0.05) is 21.5 Å². The summed E-state index contributed by atoms with van der Waals surface area (Å²) in [5, 5.41) is 5.89. The van der Waals surface area contributed by atoms with Crippen molar-refractivity contribution in [2.75, 3.05) is 6.61 Å². The highest BCUT2D eigenvalue weighted by Crippen LogP contribution is 2.48. The summed E-state index contributed by atoms with van der Waals surface area (Å²) >= 11 is 12.6. The second-order valence-corrected chi connectivity index (χ2v) is 7.90. The van der Waals surface area contributed by atoms with Gasteiger partial charge in [0.1, 0.15) is 0 Å². The van der Waals surface area contributed by atoms with Crippen LogP contribution in [0.3, 0.4) is 0 Å². The fourth-order valence-electron chi connectivity index (χ4n) is 3.05. The Balaban J connectivity index is 1.91. The fraction of sp³-hybridized carbons (Fsp3) is 0.294. The van der Waals surface area contributed by atoms with Crippen LogP contribution in [0.15, 0.2) is 48.5 Å². The molecule has 8 heteroatoms. The molecule has 0 spiro atoms. The SMILES string of the molecule is NS(=O)(=O)OC[C@@H]1CC(c2ccccc2)O[C@H]1c1c(Cl)cccc1Cl. The molecular formula is C17H17Cl2NO4S. The fourth-order valence-corrected chi connectivity index (χ4v) is 4.03. The summed E-state index contributed by atoms with van der Waals surface area (Å²) in [6, 6.07) is 14.9. The van der Waals surface area contributed by atoms with Crippen molar-refractivity contribution in [2.24, 2.45) is 11.1 Å². The van der Waals surface area contributed by atoms with Crippen molar-refractivity contribution in [1.82, 2.24) is 0 Å². The topological polar surface area (TPSA) is 78.6 Å². The Hall–Kier alpha value is -1.15. The zero-order valence-corrected chi connectivity index (χ0v) is 15.5. The monoisotopic (exact) mass is 401 g/mol. The van der Waals surface area contributed by atoms with Gasteiger partial charge >= 0.3 is 10.3 Å². The lowest BCUT2D eigenvalue weighted by molar-refractivity contribution is 0.0272. The predicted molar refractivity (Wildman–Crippen MR) is 96.6 cm³/mol. The van der Waals surface area contributed by atoms with Crippen molar-refractivity contribution in [3.05, 3.63) is 69.7 Å². The molecule has 3 rings (SSSR count). The highest BCUT2D eigenvalue weighted by Gasteiger charge is 2.39. The molecule has 134 valence electrons. The maximum Gasteiger partial charge on any atom is 0.333 e. The van der Waals surface area contributed by atoms with Gasteiger partial charge in [-0.1, -0.05) is 59.6 Å². The maximum atomic E-state index is 11.2. The quantitative estimate of drug-likeness (QED) is 0.819. The standard InChI is InChI=1S/C17H17Cl2NO4S/c18-13-7-4-8-14(19)16(13)17-12(10-23-25(20,21)22)9-15(24-17)11-5-2-1-3-6-11/h1-8,12,15,17H,9-10H2,(H2,20,21,22)/t12-,15?,17+/m0/s1. The van der Waals surface area contributed by atoms with Gasteiger partial charge in [-0.3, -0.25) is 4.18 Å². The normalized spacial score (nSPS) is 23.7. The molecule has 0 amide bonds. The molecule has 1 aliphatic heterocycles. The second kappa shape index (κ2) is 7.61. The Labute approximate surface area is 156 Å². The van der Waals surface area contributed by atoms with Crippen LogP contribution >= 0.6 is 23.2 Å². The third kappa shape index (κ3) is 4.53. The number of ether oxygens (including phenoxy) is 1. The summed E-state index contributed by atoms with van der Waals surface area (Å²) in [6.45, 7) is -0.103. The summed E-state index contributed by atoms with van der Waals surface area (Å²) in [5.41, 5.74) is 1.63. The van der Waals surface area contributed by atoms with E-state index in [2.05, 4.69) is 0 Å². The maximum absolute atomic E-state index is 11.2. The number of halogens is 2. The zero-order valence-electron chi connectivity index (χ0n) is 13.1. The van der Waals surface area contributed by atoms with E-state index in [1.165, 1.54) is 0 Å². The Kier molecular flexibility index (Phi) is 5.68. The van der Waals surface area contributed by atoms with Crippen LogP contribution < -0.4 is 5.14 Å². The molecule has 0 bridgehead atoms. The van der Waals surface area contributed by atoms with Crippen LogP contribution in [0.1, 0.15) is 29.8 Å². The van der Waals surface area contributed by atoms with E-state index in [-0.39, 0.29) is 18.6 Å². The summed E-state index contributed by atoms with van der Waals surface area (Å²) in [4.78, 5) is 0. The number of hydrogen-bond donors (Lipinski definition) is 1. The van der Waals surface area contributed by atoms with Gasteiger partial charge in [0.2, 0.25) is 0 Å². The summed E-state index contributed by atoms with van der Waals surface area (Å²) in [5.74, 6) is -0.263. The van der Waals surface area contributed by atoms with Gasteiger partial charge < -0.3 is 4.74 Å². The van der Waals surface area contributed by atoms with Crippen LogP contribution in [0.4, 0.5) is 0 Å². The number of rotatable bonds is 5. The summed E-state index contributed by atoms with van der Waals surface area (Å²) in [7, 11) is -4.04.